The summed E-state index contributed by atoms with van der Waals surface area (Å²) in [6.07, 6.45) is 2.14. The molecule has 0 unspecified atom stereocenters. The Kier molecular flexibility index (Phi) is 2.37. The molecule has 0 atom stereocenters. The van der Waals surface area contributed by atoms with Crippen LogP contribution >= 0.6 is 0 Å². The van der Waals surface area contributed by atoms with Gasteiger partial charge in [-0.15, -0.1) is 0 Å². The number of phenols is 1. The lowest BCUT2D eigenvalue weighted by molar-refractivity contribution is 0.469. The van der Waals surface area contributed by atoms with E-state index in [4.69, 9.17) is 0 Å². The van der Waals surface area contributed by atoms with Crippen molar-refractivity contribution in [3.05, 3.63) is 54.0 Å². The van der Waals surface area contributed by atoms with E-state index in [-0.39, 0.29) is 11.5 Å². The Morgan fingerprint density at radius 1 is 1.00 bits per heavy atom. The van der Waals surface area contributed by atoms with Crippen LogP contribution in [0.5, 0.6) is 11.5 Å². The topological polar surface area (TPSA) is 70.7 Å². The minimum absolute atomic E-state index is 0.0912. The third-order valence-corrected chi connectivity index (χ3v) is 2.73. The Balaban J connectivity index is 2.01. The van der Waals surface area contributed by atoms with Gasteiger partial charge in [0.05, 0.1) is 0 Å². The van der Waals surface area contributed by atoms with Gasteiger partial charge < -0.3 is 10.2 Å². The van der Waals surface area contributed by atoms with Crippen LogP contribution < -0.4 is 0 Å². The normalized spacial score (nSPS) is 10.9. The van der Waals surface area contributed by atoms with E-state index in [1.165, 1.54) is 4.52 Å². The fraction of sp³-hybridized carbons (Fsp3) is 0.0769. The minimum atomic E-state index is 0.0912. The van der Waals surface area contributed by atoms with E-state index in [0.717, 1.165) is 5.56 Å². The Morgan fingerprint density at radius 2 is 1.78 bits per heavy atom. The van der Waals surface area contributed by atoms with Crippen molar-refractivity contribution >= 4 is 5.65 Å². The molecule has 5 heteroatoms. The molecular formula is C13H11N3O2. The molecule has 2 aromatic heterocycles. The fourth-order valence-electron chi connectivity index (χ4n) is 1.84. The average Bonchev–Trinajstić information content (AvgIpc) is 2.76. The average molecular weight is 241 g/mol. The molecule has 0 aliphatic rings. The van der Waals surface area contributed by atoms with Crippen LogP contribution in [0.15, 0.2) is 42.6 Å². The van der Waals surface area contributed by atoms with E-state index < -0.39 is 0 Å². The predicted molar refractivity (Wildman–Crippen MR) is 65.6 cm³/mol. The van der Waals surface area contributed by atoms with Crippen molar-refractivity contribution in [2.24, 2.45) is 0 Å². The molecule has 0 amide bonds. The molecule has 0 aliphatic heterocycles. The molecule has 5 nitrogen and oxygen atoms in total. The second-order valence-corrected chi connectivity index (χ2v) is 4.00. The number of nitrogens with zero attached hydrogens (tertiary/aromatic N) is 3. The molecule has 90 valence electrons. The second kappa shape index (κ2) is 4.03. The number of aromatic hydroxyl groups is 2. The Hall–Kier alpha value is -2.56. The van der Waals surface area contributed by atoms with Gasteiger partial charge in [0.1, 0.15) is 5.75 Å². The first kappa shape index (κ1) is 10.6. The molecule has 1 aromatic carbocycles. The van der Waals surface area contributed by atoms with Crippen LogP contribution in [-0.2, 0) is 6.42 Å². The van der Waals surface area contributed by atoms with Crippen LogP contribution in [0.3, 0.4) is 0 Å². The van der Waals surface area contributed by atoms with Gasteiger partial charge in [0.15, 0.2) is 17.2 Å². The van der Waals surface area contributed by atoms with Gasteiger partial charge in [-0.1, -0.05) is 18.2 Å². The second-order valence-electron chi connectivity index (χ2n) is 4.00. The summed E-state index contributed by atoms with van der Waals surface area (Å²) in [6, 6.07) is 10.3. The Morgan fingerprint density at radius 3 is 2.56 bits per heavy atom. The van der Waals surface area contributed by atoms with Gasteiger partial charge in [-0.3, -0.25) is 0 Å². The smallest absolute Gasteiger partial charge is 0.197 e. The molecule has 0 spiro atoms. The number of pyridine rings is 1. The highest BCUT2D eigenvalue weighted by Gasteiger charge is 2.09. The van der Waals surface area contributed by atoms with E-state index in [1.54, 1.807) is 30.5 Å². The van der Waals surface area contributed by atoms with Gasteiger partial charge >= 0.3 is 0 Å². The van der Waals surface area contributed by atoms with Crippen LogP contribution in [-0.4, -0.2) is 24.8 Å². The fourth-order valence-corrected chi connectivity index (χ4v) is 1.84. The number of fused-ring (bicyclic) bond motifs is 1. The van der Waals surface area contributed by atoms with Crippen LogP contribution in [0.2, 0.25) is 0 Å². The van der Waals surface area contributed by atoms with Crippen LogP contribution in [0.4, 0.5) is 0 Å². The zero-order valence-electron chi connectivity index (χ0n) is 9.48. The molecule has 0 bridgehead atoms. The highest BCUT2D eigenvalue weighted by molar-refractivity contribution is 5.51. The predicted octanol–water partition coefficient (Wildman–Crippen LogP) is 1.73. The number of aromatic nitrogens is 3. The standard InChI is InChI=1S/C13H11N3O2/c17-10-5-2-1-4-9(10)8-12-14-13-11(18)6-3-7-16(13)15-12/h1-7,17-18H,8H2. The van der Waals surface area contributed by atoms with Crippen molar-refractivity contribution < 1.29 is 10.2 Å². The summed E-state index contributed by atoms with van der Waals surface area (Å²) in [5, 5.41) is 23.6. The van der Waals surface area contributed by atoms with E-state index in [9.17, 15) is 10.2 Å². The summed E-state index contributed by atoms with van der Waals surface area (Å²) < 4.78 is 1.52. The summed E-state index contributed by atoms with van der Waals surface area (Å²) in [5.41, 5.74) is 1.18. The summed E-state index contributed by atoms with van der Waals surface area (Å²) >= 11 is 0. The van der Waals surface area contributed by atoms with Gasteiger partial charge in [-0.05, 0) is 18.2 Å². The molecule has 0 fully saturated rings. The minimum Gasteiger partial charge on any atom is -0.508 e. The highest BCUT2D eigenvalue weighted by Crippen LogP contribution is 2.20. The number of phenolic OH excluding ortho intramolecular Hbond substituents is 1. The molecule has 0 saturated carbocycles. The maximum Gasteiger partial charge on any atom is 0.197 e. The highest BCUT2D eigenvalue weighted by atomic mass is 16.3. The van der Waals surface area contributed by atoms with Crippen LogP contribution in [0.1, 0.15) is 11.4 Å². The molecule has 0 aliphatic carbocycles. The lowest BCUT2D eigenvalue weighted by atomic mass is 10.1. The van der Waals surface area contributed by atoms with Crippen molar-refractivity contribution in [3.8, 4) is 11.5 Å². The Labute approximate surface area is 103 Å². The Bertz CT molecular complexity index is 706. The van der Waals surface area contributed by atoms with E-state index in [2.05, 4.69) is 10.1 Å². The number of hydrogen-bond donors (Lipinski definition) is 2. The quantitative estimate of drug-likeness (QED) is 0.716. The van der Waals surface area contributed by atoms with Crippen molar-refractivity contribution in [1.29, 1.82) is 0 Å². The SMILES string of the molecule is Oc1ccccc1Cc1nc2c(O)cccn2n1. The first-order valence-electron chi connectivity index (χ1n) is 5.54. The number of hydrogen-bond acceptors (Lipinski definition) is 4. The molecule has 0 saturated heterocycles. The molecule has 2 N–H and O–H groups in total. The van der Waals surface area contributed by atoms with Crippen molar-refractivity contribution in [2.45, 2.75) is 6.42 Å². The zero-order chi connectivity index (χ0) is 12.5. The lowest BCUT2D eigenvalue weighted by Crippen LogP contribution is -1.92. The molecule has 18 heavy (non-hydrogen) atoms. The molecule has 2 heterocycles. The first-order chi connectivity index (χ1) is 8.74. The van der Waals surface area contributed by atoms with Gasteiger partial charge in [0, 0.05) is 18.2 Å². The summed E-state index contributed by atoms with van der Waals surface area (Å²) in [4.78, 5) is 4.24. The summed E-state index contributed by atoms with van der Waals surface area (Å²) in [5.74, 6) is 0.868. The number of rotatable bonds is 2. The van der Waals surface area contributed by atoms with Crippen LogP contribution in [0.25, 0.3) is 5.65 Å². The molecular weight excluding hydrogens is 230 g/mol. The molecule has 3 rings (SSSR count). The van der Waals surface area contributed by atoms with Crippen molar-refractivity contribution in [1.82, 2.24) is 14.6 Å². The summed E-state index contributed by atoms with van der Waals surface area (Å²) in [6.45, 7) is 0. The zero-order valence-corrected chi connectivity index (χ0v) is 9.48. The van der Waals surface area contributed by atoms with Crippen LogP contribution in [0, 0.1) is 0 Å². The van der Waals surface area contributed by atoms with Crippen molar-refractivity contribution in [3.63, 3.8) is 0 Å². The largest absolute Gasteiger partial charge is 0.508 e. The third-order valence-electron chi connectivity index (χ3n) is 2.73. The monoisotopic (exact) mass is 241 g/mol. The maximum atomic E-state index is 9.69. The summed E-state index contributed by atoms with van der Waals surface area (Å²) in [7, 11) is 0. The number of benzene rings is 1. The first-order valence-corrected chi connectivity index (χ1v) is 5.54. The van der Waals surface area contributed by atoms with Gasteiger partial charge in [-0.2, -0.15) is 5.10 Å². The third kappa shape index (κ3) is 1.75. The number of para-hydroxylation sites is 1. The van der Waals surface area contributed by atoms with E-state index in [1.807, 2.05) is 12.1 Å². The molecule has 0 radical (unpaired) electrons. The lowest BCUT2D eigenvalue weighted by Gasteiger charge is -1.99. The van der Waals surface area contributed by atoms with E-state index in [0.29, 0.717) is 17.9 Å². The molecule has 3 aromatic rings. The van der Waals surface area contributed by atoms with Gasteiger partial charge in [0.25, 0.3) is 0 Å². The van der Waals surface area contributed by atoms with Crippen molar-refractivity contribution in [2.75, 3.05) is 0 Å². The maximum absolute atomic E-state index is 9.69. The van der Waals surface area contributed by atoms with Gasteiger partial charge in [-0.25, -0.2) is 9.50 Å². The van der Waals surface area contributed by atoms with E-state index >= 15 is 0 Å². The van der Waals surface area contributed by atoms with Gasteiger partial charge in [0.2, 0.25) is 0 Å².